The number of fused-ring (bicyclic) bond motifs is 1. The van der Waals surface area contributed by atoms with E-state index in [2.05, 4.69) is 11.1 Å². The summed E-state index contributed by atoms with van der Waals surface area (Å²) in [6.45, 7) is 3.88. The predicted molar refractivity (Wildman–Crippen MR) is 62.0 cm³/mol. The molecule has 0 amide bonds. The second-order valence-corrected chi connectivity index (χ2v) is 3.83. The first kappa shape index (κ1) is 9.97. The molecule has 78 valence electrons. The number of benzene rings is 1. The maximum absolute atomic E-state index is 11.6. The summed E-state index contributed by atoms with van der Waals surface area (Å²) < 4.78 is 0. The van der Waals surface area contributed by atoms with Crippen molar-refractivity contribution in [3.8, 4) is 0 Å². The highest BCUT2D eigenvalue weighted by molar-refractivity contribution is 5.92. The van der Waals surface area contributed by atoms with Gasteiger partial charge < -0.3 is 4.98 Å². The first-order valence-electron chi connectivity index (χ1n) is 5.32. The molecule has 0 saturated heterocycles. The first-order valence-corrected chi connectivity index (χ1v) is 5.32. The van der Waals surface area contributed by atoms with Crippen LogP contribution in [0.25, 0.3) is 10.9 Å². The molecule has 0 fully saturated rings. The van der Waals surface area contributed by atoms with E-state index < -0.39 is 0 Å². The molecule has 2 heteroatoms. The second kappa shape index (κ2) is 3.89. The Morgan fingerprint density at radius 3 is 2.87 bits per heavy atom. The van der Waals surface area contributed by atoms with Gasteiger partial charge in [-0.2, -0.15) is 0 Å². The van der Waals surface area contributed by atoms with Gasteiger partial charge in [0.25, 0.3) is 0 Å². The van der Waals surface area contributed by atoms with E-state index in [0.29, 0.717) is 12.2 Å². The number of rotatable bonds is 3. The summed E-state index contributed by atoms with van der Waals surface area (Å²) >= 11 is 0. The Bertz CT molecular complexity index is 484. The molecule has 0 saturated carbocycles. The van der Waals surface area contributed by atoms with E-state index in [0.717, 1.165) is 16.5 Å². The summed E-state index contributed by atoms with van der Waals surface area (Å²) in [4.78, 5) is 14.8. The fourth-order valence-electron chi connectivity index (χ4n) is 1.93. The van der Waals surface area contributed by atoms with Crippen molar-refractivity contribution in [3.05, 3.63) is 36.0 Å². The fourth-order valence-corrected chi connectivity index (χ4v) is 1.93. The normalized spacial score (nSPS) is 12.9. The highest BCUT2D eigenvalue weighted by Gasteiger charge is 2.16. The number of carbonyl (C=O) groups is 1. The number of H-pyrrole nitrogens is 1. The number of nitrogens with one attached hydrogen (secondary N) is 1. The minimum atomic E-state index is -0.00819. The van der Waals surface area contributed by atoms with Crippen molar-refractivity contribution in [3.63, 3.8) is 0 Å². The van der Waals surface area contributed by atoms with Gasteiger partial charge in [0.05, 0.1) is 0 Å². The third-order valence-corrected chi connectivity index (χ3v) is 2.92. The monoisotopic (exact) mass is 201 g/mol. The van der Waals surface area contributed by atoms with Crippen molar-refractivity contribution in [2.45, 2.75) is 26.2 Å². The van der Waals surface area contributed by atoms with Gasteiger partial charge in [-0.15, -0.1) is 0 Å². The number of Topliss-reactive ketones (excluding diaryl/α,β-unsaturated/α-hetero) is 1. The van der Waals surface area contributed by atoms with Crippen molar-refractivity contribution in [2.24, 2.45) is 0 Å². The average Bonchev–Trinajstić information content (AvgIpc) is 2.70. The maximum atomic E-state index is 11.6. The van der Waals surface area contributed by atoms with Crippen LogP contribution in [-0.4, -0.2) is 10.8 Å². The molecule has 1 atom stereocenters. The molecule has 0 bridgehead atoms. The second-order valence-electron chi connectivity index (χ2n) is 3.83. The van der Waals surface area contributed by atoms with Crippen molar-refractivity contribution >= 4 is 16.7 Å². The minimum absolute atomic E-state index is 0.00819. The van der Waals surface area contributed by atoms with Crippen molar-refractivity contribution in [1.82, 2.24) is 4.98 Å². The predicted octanol–water partition coefficient (Wildman–Crippen LogP) is 3.25. The molecule has 0 spiro atoms. The standard InChI is InChI=1S/C13H15NO/c1-3-13(15)9(2)11-8-14-12-7-5-4-6-10(11)12/h4-9,14H,3H2,1-2H3. The van der Waals surface area contributed by atoms with Crippen molar-refractivity contribution in [2.75, 3.05) is 0 Å². The summed E-state index contributed by atoms with van der Waals surface area (Å²) in [6, 6.07) is 8.08. The number of carbonyl (C=O) groups excluding carboxylic acids is 1. The van der Waals surface area contributed by atoms with Gasteiger partial charge in [0.2, 0.25) is 0 Å². The van der Waals surface area contributed by atoms with E-state index in [1.54, 1.807) is 0 Å². The Morgan fingerprint density at radius 1 is 1.40 bits per heavy atom. The summed E-state index contributed by atoms with van der Waals surface area (Å²) in [7, 11) is 0. The molecule has 1 N–H and O–H groups in total. The summed E-state index contributed by atoms with van der Waals surface area (Å²) in [6.07, 6.45) is 2.55. The third kappa shape index (κ3) is 1.67. The molecule has 1 aromatic carbocycles. The SMILES string of the molecule is CCC(=O)C(C)c1c[nH]c2ccccc12. The molecule has 0 aliphatic rings. The number of ketones is 1. The zero-order valence-corrected chi connectivity index (χ0v) is 9.08. The van der Waals surface area contributed by atoms with Gasteiger partial charge in [-0.1, -0.05) is 32.0 Å². The van der Waals surface area contributed by atoms with Crippen LogP contribution in [0.1, 0.15) is 31.7 Å². The van der Waals surface area contributed by atoms with Crippen LogP contribution in [0.15, 0.2) is 30.5 Å². The maximum Gasteiger partial charge on any atom is 0.139 e. The Balaban J connectivity index is 2.48. The van der Waals surface area contributed by atoms with Crippen LogP contribution in [0.5, 0.6) is 0 Å². The fraction of sp³-hybridized carbons (Fsp3) is 0.308. The quantitative estimate of drug-likeness (QED) is 0.812. The van der Waals surface area contributed by atoms with Crippen LogP contribution in [0.3, 0.4) is 0 Å². The largest absolute Gasteiger partial charge is 0.361 e. The average molecular weight is 201 g/mol. The van der Waals surface area contributed by atoms with Crippen LogP contribution in [-0.2, 0) is 4.79 Å². The van der Waals surface area contributed by atoms with Crippen LogP contribution in [0.4, 0.5) is 0 Å². The molecular formula is C13H15NO. The summed E-state index contributed by atoms with van der Waals surface area (Å²) in [5, 5.41) is 1.16. The topological polar surface area (TPSA) is 32.9 Å². The zero-order valence-electron chi connectivity index (χ0n) is 9.08. The zero-order chi connectivity index (χ0) is 10.8. The Morgan fingerprint density at radius 2 is 2.13 bits per heavy atom. The molecule has 1 unspecified atom stereocenters. The molecule has 15 heavy (non-hydrogen) atoms. The summed E-state index contributed by atoms with van der Waals surface area (Å²) in [5.74, 6) is 0.283. The number of aromatic amines is 1. The Kier molecular flexibility index (Phi) is 2.58. The van der Waals surface area contributed by atoms with E-state index in [1.807, 2.05) is 38.2 Å². The van der Waals surface area contributed by atoms with Gasteiger partial charge in [0, 0.05) is 29.4 Å². The Labute approximate surface area is 89.3 Å². The highest BCUT2D eigenvalue weighted by Crippen LogP contribution is 2.26. The number of aromatic nitrogens is 1. The number of hydrogen-bond donors (Lipinski definition) is 1. The van der Waals surface area contributed by atoms with E-state index in [9.17, 15) is 4.79 Å². The van der Waals surface area contributed by atoms with Gasteiger partial charge in [0.15, 0.2) is 0 Å². The molecule has 1 heterocycles. The van der Waals surface area contributed by atoms with Gasteiger partial charge in [-0.05, 0) is 11.6 Å². The molecule has 0 radical (unpaired) electrons. The lowest BCUT2D eigenvalue weighted by Gasteiger charge is -2.07. The molecule has 2 rings (SSSR count). The lowest BCUT2D eigenvalue weighted by atomic mass is 9.95. The molecular weight excluding hydrogens is 186 g/mol. The van der Waals surface area contributed by atoms with Gasteiger partial charge in [-0.3, -0.25) is 4.79 Å². The summed E-state index contributed by atoms with van der Waals surface area (Å²) in [5.41, 5.74) is 2.21. The van der Waals surface area contributed by atoms with E-state index in [-0.39, 0.29) is 5.92 Å². The van der Waals surface area contributed by atoms with Crippen molar-refractivity contribution in [1.29, 1.82) is 0 Å². The minimum Gasteiger partial charge on any atom is -0.361 e. The smallest absolute Gasteiger partial charge is 0.139 e. The van der Waals surface area contributed by atoms with Crippen LogP contribution >= 0.6 is 0 Å². The Hall–Kier alpha value is -1.57. The van der Waals surface area contributed by atoms with E-state index in [4.69, 9.17) is 0 Å². The van der Waals surface area contributed by atoms with Gasteiger partial charge in [-0.25, -0.2) is 0 Å². The van der Waals surface area contributed by atoms with Crippen LogP contribution < -0.4 is 0 Å². The lowest BCUT2D eigenvalue weighted by molar-refractivity contribution is -0.119. The van der Waals surface area contributed by atoms with Crippen LogP contribution in [0.2, 0.25) is 0 Å². The third-order valence-electron chi connectivity index (χ3n) is 2.92. The molecule has 1 aromatic heterocycles. The lowest BCUT2D eigenvalue weighted by Crippen LogP contribution is -2.06. The number of para-hydroxylation sites is 1. The molecule has 0 aliphatic carbocycles. The molecule has 0 aliphatic heterocycles. The van der Waals surface area contributed by atoms with E-state index in [1.165, 1.54) is 0 Å². The number of hydrogen-bond acceptors (Lipinski definition) is 1. The van der Waals surface area contributed by atoms with Crippen LogP contribution in [0, 0.1) is 0 Å². The van der Waals surface area contributed by atoms with Crippen molar-refractivity contribution < 1.29 is 4.79 Å². The molecule has 2 nitrogen and oxygen atoms in total. The van der Waals surface area contributed by atoms with E-state index >= 15 is 0 Å². The van der Waals surface area contributed by atoms with Gasteiger partial charge in [0.1, 0.15) is 5.78 Å². The first-order chi connectivity index (χ1) is 7.24. The molecule has 2 aromatic rings. The van der Waals surface area contributed by atoms with Gasteiger partial charge >= 0.3 is 0 Å². The highest BCUT2D eigenvalue weighted by atomic mass is 16.1.